The molecule has 0 fully saturated rings. The Labute approximate surface area is 196 Å². The first-order chi connectivity index (χ1) is 16.0. The van der Waals surface area contributed by atoms with Crippen LogP contribution in [0.5, 0.6) is 11.6 Å². The molecule has 3 N–H and O–H groups in total. The van der Waals surface area contributed by atoms with Crippen LogP contribution in [0, 0.1) is 0 Å². The summed E-state index contributed by atoms with van der Waals surface area (Å²) in [6.45, 7) is 2.91. The zero-order valence-electron chi connectivity index (χ0n) is 18.5. The molecule has 2 heterocycles. The lowest BCUT2D eigenvalue weighted by Crippen LogP contribution is -2.37. The maximum Gasteiger partial charge on any atom is 0.263 e. The molecule has 1 aromatic heterocycles. The van der Waals surface area contributed by atoms with Gasteiger partial charge in [0, 0.05) is 18.8 Å². The molecule has 2 aromatic carbocycles. The first-order valence-electron chi connectivity index (χ1n) is 10.7. The van der Waals surface area contributed by atoms with Crippen molar-refractivity contribution in [2.45, 2.75) is 31.1 Å². The van der Waals surface area contributed by atoms with E-state index in [2.05, 4.69) is 15.6 Å². The molecule has 3 aromatic rings. The molecule has 9 heteroatoms. The summed E-state index contributed by atoms with van der Waals surface area (Å²) in [5.74, 6) is 0.191. The van der Waals surface area contributed by atoms with Crippen molar-refractivity contribution in [3.05, 3.63) is 75.6 Å². The van der Waals surface area contributed by atoms with Gasteiger partial charge in [0.2, 0.25) is 11.8 Å². The molecule has 1 aliphatic rings. The Bertz CT molecular complexity index is 1210. The van der Waals surface area contributed by atoms with E-state index < -0.39 is 6.04 Å². The fraction of sp³-hybridized carbons (Fsp3) is 0.292. The number of benzene rings is 2. The zero-order chi connectivity index (χ0) is 23.4. The van der Waals surface area contributed by atoms with E-state index in [1.807, 2.05) is 31.2 Å². The summed E-state index contributed by atoms with van der Waals surface area (Å²) in [4.78, 5) is 30.1. The average molecular weight is 467 g/mol. The van der Waals surface area contributed by atoms with Crippen molar-refractivity contribution in [3.8, 4) is 11.6 Å². The number of amides is 1. The van der Waals surface area contributed by atoms with Crippen molar-refractivity contribution < 1.29 is 14.6 Å². The Kier molecular flexibility index (Phi) is 7.00. The molecule has 0 aliphatic carbocycles. The van der Waals surface area contributed by atoms with Gasteiger partial charge in [0.1, 0.15) is 11.3 Å². The third-order valence-corrected chi connectivity index (χ3v) is 6.55. The molecule has 0 bridgehead atoms. The van der Waals surface area contributed by atoms with Crippen LogP contribution in [-0.4, -0.2) is 40.0 Å². The standard InChI is InChI=1S/C24H26N4O4S/c1-3-28-23(31)20(21-18-7-5-4-6-15(18)12-13-25-21)22(30)27-24(28)33-14-19(29)26-16-8-10-17(32-2)11-9-16/h4-11,21,25,30H,3,12-14H2,1-2H3,(H,26,29). The Morgan fingerprint density at radius 2 is 2.03 bits per heavy atom. The Morgan fingerprint density at radius 3 is 2.76 bits per heavy atom. The first kappa shape index (κ1) is 22.9. The number of aromatic hydroxyl groups is 1. The molecule has 0 spiro atoms. The predicted octanol–water partition coefficient (Wildman–Crippen LogP) is 2.94. The van der Waals surface area contributed by atoms with Crippen LogP contribution in [0.15, 0.2) is 58.5 Å². The van der Waals surface area contributed by atoms with Gasteiger partial charge in [-0.3, -0.25) is 14.2 Å². The highest BCUT2D eigenvalue weighted by atomic mass is 32.2. The largest absolute Gasteiger partial charge is 0.497 e. The van der Waals surface area contributed by atoms with Gasteiger partial charge in [-0.25, -0.2) is 0 Å². The number of ether oxygens (including phenoxy) is 1. The molecule has 8 nitrogen and oxygen atoms in total. The number of nitrogens with one attached hydrogen (secondary N) is 2. The normalized spacial score (nSPS) is 15.0. The minimum atomic E-state index is -0.426. The number of anilines is 1. The number of carbonyl (C=O) groups excluding carboxylic acids is 1. The molecular formula is C24H26N4O4S. The quantitative estimate of drug-likeness (QED) is 0.363. The third-order valence-electron chi connectivity index (χ3n) is 5.57. The summed E-state index contributed by atoms with van der Waals surface area (Å²) >= 11 is 1.11. The number of hydrogen-bond acceptors (Lipinski definition) is 7. The summed E-state index contributed by atoms with van der Waals surface area (Å²) in [5.41, 5.74) is 2.69. The number of carbonyl (C=O) groups is 1. The smallest absolute Gasteiger partial charge is 0.263 e. The molecule has 33 heavy (non-hydrogen) atoms. The number of fused-ring (bicyclic) bond motifs is 1. The Morgan fingerprint density at radius 1 is 1.27 bits per heavy atom. The Balaban J connectivity index is 1.54. The van der Waals surface area contributed by atoms with Crippen LogP contribution in [0.2, 0.25) is 0 Å². The van der Waals surface area contributed by atoms with Crippen molar-refractivity contribution >= 4 is 23.4 Å². The number of aromatic nitrogens is 2. The molecule has 172 valence electrons. The summed E-state index contributed by atoms with van der Waals surface area (Å²) < 4.78 is 6.61. The van der Waals surface area contributed by atoms with Crippen molar-refractivity contribution in [3.63, 3.8) is 0 Å². The summed E-state index contributed by atoms with van der Waals surface area (Å²) in [6, 6.07) is 14.5. The first-order valence-corrected chi connectivity index (χ1v) is 11.7. The molecule has 1 atom stereocenters. The highest BCUT2D eigenvalue weighted by Crippen LogP contribution is 2.31. The van der Waals surface area contributed by atoms with Crippen LogP contribution in [0.1, 0.15) is 29.7 Å². The van der Waals surface area contributed by atoms with E-state index in [0.717, 1.165) is 29.3 Å². The Hall–Kier alpha value is -3.30. The third kappa shape index (κ3) is 4.89. The minimum Gasteiger partial charge on any atom is -0.497 e. The van der Waals surface area contributed by atoms with E-state index in [1.54, 1.807) is 31.4 Å². The van der Waals surface area contributed by atoms with Gasteiger partial charge in [-0.1, -0.05) is 36.0 Å². The van der Waals surface area contributed by atoms with Crippen LogP contribution in [0.25, 0.3) is 0 Å². The highest BCUT2D eigenvalue weighted by molar-refractivity contribution is 7.99. The minimum absolute atomic E-state index is 0.0434. The lowest BCUT2D eigenvalue weighted by molar-refractivity contribution is -0.113. The molecule has 1 unspecified atom stereocenters. The van der Waals surface area contributed by atoms with Gasteiger partial charge in [0.15, 0.2) is 5.16 Å². The SMILES string of the molecule is CCn1c(SCC(=O)Nc2ccc(OC)cc2)nc(O)c(C2NCCc3ccccc32)c1=O. The van der Waals surface area contributed by atoms with Gasteiger partial charge in [-0.2, -0.15) is 4.98 Å². The number of nitrogens with zero attached hydrogens (tertiary/aromatic N) is 2. The maximum absolute atomic E-state index is 13.3. The highest BCUT2D eigenvalue weighted by Gasteiger charge is 2.28. The zero-order valence-corrected chi connectivity index (χ0v) is 19.3. The fourth-order valence-corrected chi connectivity index (χ4v) is 4.80. The monoisotopic (exact) mass is 466 g/mol. The van der Waals surface area contributed by atoms with Crippen molar-refractivity contribution in [2.75, 3.05) is 24.7 Å². The lowest BCUT2D eigenvalue weighted by Gasteiger charge is -2.27. The van der Waals surface area contributed by atoms with Gasteiger partial charge >= 0.3 is 0 Å². The lowest BCUT2D eigenvalue weighted by atomic mass is 9.91. The summed E-state index contributed by atoms with van der Waals surface area (Å²) in [7, 11) is 1.58. The fourth-order valence-electron chi connectivity index (χ4n) is 3.94. The molecule has 1 aliphatic heterocycles. The molecule has 4 rings (SSSR count). The second-order valence-corrected chi connectivity index (χ2v) is 8.52. The van der Waals surface area contributed by atoms with E-state index in [9.17, 15) is 14.7 Å². The predicted molar refractivity (Wildman–Crippen MR) is 128 cm³/mol. The number of methoxy groups -OCH3 is 1. The van der Waals surface area contributed by atoms with Gasteiger partial charge in [-0.05, 0) is 48.7 Å². The van der Waals surface area contributed by atoms with Crippen molar-refractivity contribution in [1.82, 2.24) is 14.9 Å². The van der Waals surface area contributed by atoms with Gasteiger partial charge < -0.3 is 20.5 Å². The average Bonchev–Trinajstić information content (AvgIpc) is 2.83. The van der Waals surface area contributed by atoms with Gasteiger partial charge in [0.05, 0.1) is 18.9 Å². The van der Waals surface area contributed by atoms with E-state index in [-0.39, 0.29) is 28.7 Å². The van der Waals surface area contributed by atoms with Gasteiger partial charge in [-0.15, -0.1) is 0 Å². The molecule has 0 saturated heterocycles. The van der Waals surface area contributed by atoms with Crippen molar-refractivity contribution in [2.24, 2.45) is 0 Å². The van der Waals surface area contributed by atoms with Crippen LogP contribution in [-0.2, 0) is 17.8 Å². The van der Waals surface area contributed by atoms with Crippen LogP contribution in [0.3, 0.4) is 0 Å². The van der Waals surface area contributed by atoms with Gasteiger partial charge in [0.25, 0.3) is 5.56 Å². The molecule has 0 saturated carbocycles. The van der Waals surface area contributed by atoms with E-state index >= 15 is 0 Å². The number of hydrogen-bond donors (Lipinski definition) is 3. The van der Waals surface area contributed by atoms with E-state index in [0.29, 0.717) is 29.7 Å². The maximum atomic E-state index is 13.3. The van der Waals surface area contributed by atoms with Crippen LogP contribution in [0.4, 0.5) is 5.69 Å². The second-order valence-electron chi connectivity index (χ2n) is 7.58. The second kappa shape index (κ2) is 10.1. The van der Waals surface area contributed by atoms with Crippen molar-refractivity contribution in [1.29, 1.82) is 0 Å². The number of thioether (sulfide) groups is 1. The molecule has 1 amide bonds. The van der Waals surface area contributed by atoms with E-state index in [1.165, 1.54) is 4.57 Å². The summed E-state index contributed by atoms with van der Waals surface area (Å²) in [6.07, 6.45) is 0.861. The van der Waals surface area contributed by atoms with E-state index in [4.69, 9.17) is 4.74 Å². The van der Waals surface area contributed by atoms with Crippen LogP contribution >= 0.6 is 11.8 Å². The van der Waals surface area contributed by atoms with Crippen LogP contribution < -0.4 is 20.9 Å². The topological polar surface area (TPSA) is 105 Å². The summed E-state index contributed by atoms with van der Waals surface area (Å²) in [5, 5.41) is 17.2. The molecule has 0 radical (unpaired) electrons. The molecular weight excluding hydrogens is 440 g/mol. The number of rotatable bonds is 7.